The molecule has 0 spiro atoms. The zero-order chi connectivity index (χ0) is 9.84. The number of anilines is 1. The van der Waals surface area contributed by atoms with Crippen molar-refractivity contribution in [3.63, 3.8) is 0 Å². The Balaban J connectivity index is 2.75. The van der Waals surface area contributed by atoms with E-state index in [1.807, 2.05) is 18.2 Å². The Morgan fingerprint density at radius 1 is 1.62 bits per heavy atom. The Morgan fingerprint density at radius 2 is 2.31 bits per heavy atom. The predicted octanol–water partition coefficient (Wildman–Crippen LogP) is 3.58. The first-order valence-electron chi connectivity index (χ1n) is 3.92. The van der Waals surface area contributed by atoms with Gasteiger partial charge in [-0.05, 0) is 29.1 Å². The number of hydrogen-bond acceptors (Lipinski definition) is 2. The van der Waals surface area contributed by atoms with Crippen molar-refractivity contribution in [2.45, 2.75) is 11.8 Å². The van der Waals surface area contributed by atoms with Gasteiger partial charge in [-0.3, -0.25) is 0 Å². The van der Waals surface area contributed by atoms with Gasteiger partial charge in [-0.25, -0.2) is 0 Å². The van der Waals surface area contributed by atoms with Crippen molar-refractivity contribution in [2.75, 3.05) is 11.5 Å². The summed E-state index contributed by atoms with van der Waals surface area (Å²) in [6, 6.07) is 5.95. The van der Waals surface area contributed by atoms with Crippen molar-refractivity contribution in [1.82, 2.24) is 0 Å². The van der Waals surface area contributed by atoms with Crippen LogP contribution in [0.1, 0.15) is 5.56 Å². The first kappa shape index (κ1) is 10.7. The van der Waals surface area contributed by atoms with E-state index in [9.17, 15) is 0 Å². The average Bonchev–Trinajstić information content (AvgIpc) is 2.06. The van der Waals surface area contributed by atoms with Crippen molar-refractivity contribution >= 4 is 33.4 Å². The molecule has 0 aromatic heterocycles. The molecule has 0 bridgehead atoms. The fraction of sp³-hybridized carbons (Fsp3) is 0.200. The molecular formula is C10H12BrNS. The Bertz CT molecular complexity index is 323. The van der Waals surface area contributed by atoms with Gasteiger partial charge in [-0.2, -0.15) is 0 Å². The topological polar surface area (TPSA) is 26.0 Å². The van der Waals surface area contributed by atoms with Crippen LogP contribution in [0.15, 0.2) is 34.2 Å². The summed E-state index contributed by atoms with van der Waals surface area (Å²) in [7, 11) is 0. The lowest BCUT2D eigenvalue weighted by Crippen LogP contribution is -1.88. The van der Waals surface area contributed by atoms with Crippen molar-refractivity contribution in [1.29, 1.82) is 0 Å². The zero-order valence-corrected chi connectivity index (χ0v) is 9.91. The minimum atomic E-state index is 0.813. The highest BCUT2D eigenvalue weighted by atomic mass is 79.9. The maximum absolute atomic E-state index is 5.69. The second-order valence-electron chi connectivity index (χ2n) is 2.83. The average molecular weight is 258 g/mol. The van der Waals surface area contributed by atoms with E-state index in [0.717, 1.165) is 15.9 Å². The minimum Gasteiger partial charge on any atom is -0.399 e. The van der Waals surface area contributed by atoms with Gasteiger partial charge >= 0.3 is 0 Å². The van der Waals surface area contributed by atoms with Gasteiger partial charge in [0.05, 0.1) is 0 Å². The second kappa shape index (κ2) is 4.72. The highest BCUT2D eigenvalue weighted by molar-refractivity contribution is 9.11. The number of nitrogen functional groups attached to an aromatic ring is 1. The number of thioether (sulfide) groups is 1. The van der Waals surface area contributed by atoms with Gasteiger partial charge in [0.25, 0.3) is 0 Å². The molecule has 0 heterocycles. The van der Waals surface area contributed by atoms with Gasteiger partial charge in [0, 0.05) is 16.3 Å². The summed E-state index contributed by atoms with van der Waals surface area (Å²) < 4.78 is 0.999. The lowest BCUT2D eigenvalue weighted by molar-refractivity contribution is 1.30. The van der Waals surface area contributed by atoms with Gasteiger partial charge in [-0.1, -0.05) is 28.6 Å². The van der Waals surface area contributed by atoms with Crippen LogP contribution in [0.25, 0.3) is 0 Å². The third kappa shape index (κ3) is 3.44. The van der Waals surface area contributed by atoms with Crippen LogP contribution in [0, 0.1) is 6.92 Å². The molecule has 70 valence electrons. The summed E-state index contributed by atoms with van der Waals surface area (Å²) in [5, 5.41) is 0. The van der Waals surface area contributed by atoms with Crippen molar-refractivity contribution in [3.8, 4) is 0 Å². The second-order valence-corrected chi connectivity index (χ2v) is 4.97. The van der Waals surface area contributed by atoms with Crippen LogP contribution in [-0.4, -0.2) is 5.75 Å². The van der Waals surface area contributed by atoms with Crippen molar-refractivity contribution in [3.05, 3.63) is 34.8 Å². The minimum absolute atomic E-state index is 0.813. The lowest BCUT2D eigenvalue weighted by Gasteiger charge is -2.05. The third-order valence-corrected chi connectivity index (χ3v) is 3.49. The highest BCUT2D eigenvalue weighted by Crippen LogP contribution is 2.26. The number of benzene rings is 1. The quantitative estimate of drug-likeness (QED) is 0.662. The molecule has 0 atom stereocenters. The maximum Gasteiger partial charge on any atom is 0.0325 e. The van der Waals surface area contributed by atoms with Crippen LogP contribution in [-0.2, 0) is 0 Å². The number of hydrogen-bond donors (Lipinski definition) is 1. The van der Waals surface area contributed by atoms with Gasteiger partial charge in [-0.15, -0.1) is 11.8 Å². The van der Waals surface area contributed by atoms with Crippen LogP contribution in [0.2, 0.25) is 0 Å². The summed E-state index contributed by atoms with van der Waals surface area (Å²) in [6.45, 7) is 5.87. The maximum atomic E-state index is 5.69. The van der Waals surface area contributed by atoms with Crippen LogP contribution in [0.5, 0.6) is 0 Å². The van der Waals surface area contributed by atoms with E-state index >= 15 is 0 Å². The molecule has 0 saturated carbocycles. The molecule has 3 heteroatoms. The standard InChI is InChI=1S/C10H12BrNS/c1-7-3-4-9(12)5-10(7)13-6-8(2)11/h3-5H,2,6,12H2,1H3. The number of rotatable bonds is 3. The van der Waals surface area contributed by atoms with Gasteiger partial charge in [0.2, 0.25) is 0 Å². The molecule has 1 nitrogen and oxygen atoms in total. The summed E-state index contributed by atoms with van der Waals surface area (Å²) in [5.41, 5.74) is 7.76. The number of aryl methyl sites for hydroxylation is 1. The molecule has 0 fully saturated rings. The number of halogens is 1. The van der Waals surface area contributed by atoms with Crippen LogP contribution >= 0.6 is 27.7 Å². The summed E-state index contributed by atoms with van der Waals surface area (Å²) in [4.78, 5) is 1.22. The third-order valence-electron chi connectivity index (χ3n) is 1.60. The van der Waals surface area contributed by atoms with E-state index < -0.39 is 0 Å². The molecule has 1 aromatic rings. The molecule has 0 aliphatic rings. The Hall–Kier alpha value is -0.410. The van der Waals surface area contributed by atoms with E-state index in [0.29, 0.717) is 0 Å². The summed E-state index contributed by atoms with van der Waals surface area (Å²) in [6.07, 6.45) is 0. The summed E-state index contributed by atoms with van der Waals surface area (Å²) >= 11 is 5.07. The normalized spacial score (nSPS) is 10.0. The highest BCUT2D eigenvalue weighted by Gasteiger charge is 1.99. The van der Waals surface area contributed by atoms with Gasteiger partial charge in [0.1, 0.15) is 0 Å². The Labute approximate surface area is 91.5 Å². The molecule has 13 heavy (non-hydrogen) atoms. The van der Waals surface area contributed by atoms with E-state index in [4.69, 9.17) is 5.73 Å². The zero-order valence-electron chi connectivity index (χ0n) is 7.51. The molecule has 0 amide bonds. The first-order chi connectivity index (χ1) is 6.09. The van der Waals surface area contributed by atoms with Gasteiger partial charge < -0.3 is 5.73 Å². The Morgan fingerprint density at radius 3 is 2.92 bits per heavy atom. The van der Waals surface area contributed by atoms with Crippen LogP contribution in [0.3, 0.4) is 0 Å². The largest absolute Gasteiger partial charge is 0.399 e. The van der Waals surface area contributed by atoms with E-state index in [2.05, 4.69) is 29.4 Å². The fourth-order valence-corrected chi connectivity index (χ4v) is 2.10. The van der Waals surface area contributed by atoms with Crippen LogP contribution < -0.4 is 5.73 Å². The van der Waals surface area contributed by atoms with E-state index in [-0.39, 0.29) is 0 Å². The lowest BCUT2D eigenvalue weighted by atomic mass is 10.2. The molecule has 1 aromatic carbocycles. The first-order valence-corrected chi connectivity index (χ1v) is 5.69. The molecule has 1 rings (SSSR count). The fourth-order valence-electron chi connectivity index (χ4n) is 0.928. The molecular weight excluding hydrogens is 246 g/mol. The van der Waals surface area contributed by atoms with Crippen molar-refractivity contribution < 1.29 is 0 Å². The molecule has 0 aliphatic heterocycles. The molecule has 0 saturated heterocycles. The van der Waals surface area contributed by atoms with Crippen LogP contribution in [0.4, 0.5) is 5.69 Å². The SMILES string of the molecule is C=C(Br)CSc1cc(N)ccc1C. The molecule has 0 radical (unpaired) electrons. The predicted molar refractivity (Wildman–Crippen MR) is 64.4 cm³/mol. The summed E-state index contributed by atoms with van der Waals surface area (Å²) in [5.74, 6) is 0.879. The number of nitrogens with two attached hydrogens (primary N) is 1. The van der Waals surface area contributed by atoms with Crippen molar-refractivity contribution in [2.24, 2.45) is 0 Å². The van der Waals surface area contributed by atoms with E-state index in [1.165, 1.54) is 10.5 Å². The monoisotopic (exact) mass is 257 g/mol. The Kier molecular flexibility index (Phi) is 3.88. The van der Waals surface area contributed by atoms with E-state index in [1.54, 1.807) is 11.8 Å². The molecule has 0 aliphatic carbocycles. The smallest absolute Gasteiger partial charge is 0.0325 e. The molecule has 0 unspecified atom stereocenters. The molecule has 2 N–H and O–H groups in total. The van der Waals surface area contributed by atoms with Gasteiger partial charge in [0.15, 0.2) is 0 Å².